The van der Waals surface area contributed by atoms with E-state index in [1.807, 2.05) is 12.4 Å². The maximum atomic E-state index is 12.9. The Morgan fingerprint density at radius 1 is 1.19 bits per heavy atom. The van der Waals surface area contributed by atoms with E-state index in [4.69, 9.17) is 0 Å². The van der Waals surface area contributed by atoms with Crippen molar-refractivity contribution in [3.05, 3.63) is 52.2 Å². The van der Waals surface area contributed by atoms with Gasteiger partial charge in [0.15, 0.2) is 0 Å². The minimum atomic E-state index is -3.33. The summed E-state index contributed by atoms with van der Waals surface area (Å²) in [5, 5.41) is 0. The first-order chi connectivity index (χ1) is 15.3. The molecular formula is C25H34BrN3O2S. The maximum Gasteiger partial charge on any atom is 0.211 e. The van der Waals surface area contributed by atoms with E-state index < -0.39 is 10.0 Å². The van der Waals surface area contributed by atoms with E-state index >= 15 is 0 Å². The van der Waals surface area contributed by atoms with Gasteiger partial charge in [-0.1, -0.05) is 54.6 Å². The lowest BCUT2D eigenvalue weighted by atomic mass is 9.84. The number of halogens is 1. The fourth-order valence-corrected chi connectivity index (χ4v) is 6.81. The van der Waals surface area contributed by atoms with Crippen molar-refractivity contribution < 1.29 is 8.42 Å². The van der Waals surface area contributed by atoms with Gasteiger partial charge in [-0.3, -0.25) is 4.99 Å². The topological polar surface area (TPSA) is 53.0 Å². The van der Waals surface area contributed by atoms with Crippen molar-refractivity contribution in [2.45, 2.75) is 64.0 Å². The standard InChI is InChI=1S/C25H34BrN3O2S/c1-19-8-9-21(15-27-14-19)16-28-18-24(12-20-6-4-3-5-7-20)29(32(2,30)31)17-22-13-23(26)10-11-25(22)28/h10-11,13-15,20,24H,1,3-9,12,16-18H2,2H3/t24-/m0/s1. The molecule has 1 atom stereocenters. The highest BCUT2D eigenvalue weighted by molar-refractivity contribution is 9.10. The van der Waals surface area contributed by atoms with Crippen LogP contribution < -0.4 is 4.90 Å². The molecule has 174 valence electrons. The lowest BCUT2D eigenvalue weighted by Crippen LogP contribution is -2.45. The van der Waals surface area contributed by atoms with Crippen molar-refractivity contribution in [2.24, 2.45) is 10.9 Å². The molecule has 0 N–H and O–H groups in total. The van der Waals surface area contributed by atoms with Crippen molar-refractivity contribution in [3.8, 4) is 0 Å². The van der Waals surface area contributed by atoms with Crippen LogP contribution in [-0.4, -0.2) is 44.3 Å². The quantitative estimate of drug-likeness (QED) is 0.503. The van der Waals surface area contributed by atoms with Gasteiger partial charge in [0, 0.05) is 48.3 Å². The van der Waals surface area contributed by atoms with E-state index in [1.165, 1.54) is 43.9 Å². The van der Waals surface area contributed by atoms with Crippen LogP contribution in [0.1, 0.15) is 56.9 Å². The molecule has 32 heavy (non-hydrogen) atoms. The second-order valence-electron chi connectivity index (χ2n) is 9.58. The Balaban J connectivity index is 1.67. The molecule has 7 heteroatoms. The van der Waals surface area contributed by atoms with Crippen LogP contribution >= 0.6 is 15.9 Å². The number of hydrogen-bond acceptors (Lipinski definition) is 4. The molecule has 0 radical (unpaired) electrons. The second kappa shape index (κ2) is 10.2. The fourth-order valence-electron chi connectivity index (χ4n) is 5.33. The van der Waals surface area contributed by atoms with Crippen LogP contribution in [0.15, 0.2) is 51.6 Å². The van der Waals surface area contributed by atoms with Gasteiger partial charge in [0.25, 0.3) is 0 Å². The van der Waals surface area contributed by atoms with Crippen LogP contribution in [0.4, 0.5) is 5.69 Å². The highest BCUT2D eigenvalue weighted by Crippen LogP contribution is 2.36. The third-order valence-corrected chi connectivity index (χ3v) is 8.75. The first-order valence-corrected chi connectivity index (χ1v) is 14.3. The third-order valence-electron chi connectivity index (χ3n) is 6.98. The summed E-state index contributed by atoms with van der Waals surface area (Å²) < 4.78 is 28.6. The zero-order valence-electron chi connectivity index (χ0n) is 19.0. The lowest BCUT2D eigenvalue weighted by Gasteiger charge is -2.35. The van der Waals surface area contributed by atoms with E-state index in [2.05, 4.69) is 50.6 Å². The second-order valence-corrected chi connectivity index (χ2v) is 12.4. The molecule has 0 aromatic heterocycles. The third kappa shape index (κ3) is 5.91. The minimum Gasteiger partial charge on any atom is -0.366 e. The number of nitrogens with zero attached hydrogens (tertiary/aromatic N) is 3. The van der Waals surface area contributed by atoms with Gasteiger partial charge in [0.05, 0.1) is 6.26 Å². The minimum absolute atomic E-state index is 0.0240. The van der Waals surface area contributed by atoms with Crippen LogP contribution in [0.5, 0.6) is 0 Å². The van der Waals surface area contributed by atoms with E-state index in [1.54, 1.807) is 4.31 Å². The fraction of sp³-hybridized carbons (Fsp3) is 0.560. The van der Waals surface area contributed by atoms with Gasteiger partial charge in [0.2, 0.25) is 10.0 Å². The lowest BCUT2D eigenvalue weighted by molar-refractivity contribution is 0.238. The van der Waals surface area contributed by atoms with Gasteiger partial charge in [-0.15, -0.1) is 0 Å². The van der Waals surface area contributed by atoms with Gasteiger partial charge >= 0.3 is 0 Å². The molecule has 0 amide bonds. The number of benzene rings is 1. The number of allylic oxidation sites excluding steroid dienone is 1. The number of hydrogen-bond donors (Lipinski definition) is 0. The summed E-state index contributed by atoms with van der Waals surface area (Å²) in [6, 6.07) is 6.23. The Morgan fingerprint density at radius 3 is 2.72 bits per heavy atom. The van der Waals surface area contributed by atoms with Crippen LogP contribution in [0.3, 0.4) is 0 Å². The van der Waals surface area contributed by atoms with Crippen molar-refractivity contribution in [3.63, 3.8) is 0 Å². The zero-order chi connectivity index (χ0) is 22.7. The van der Waals surface area contributed by atoms with Gasteiger partial charge in [0.1, 0.15) is 0 Å². The predicted molar refractivity (Wildman–Crippen MR) is 137 cm³/mol. The molecule has 2 heterocycles. The first kappa shape index (κ1) is 23.7. The molecule has 2 aliphatic heterocycles. The number of fused-ring (bicyclic) bond motifs is 1. The molecule has 0 bridgehead atoms. The molecule has 1 saturated carbocycles. The predicted octanol–water partition coefficient (Wildman–Crippen LogP) is 5.67. The Labute approximate surface area is 201 Å². The molecule has 0 unspecified atom stereocenters. The normalized spacial score (nSPS) is 23.4. The number of sulfonamides is 1. The summed E-state index contributed by atoms with van der Waals surface area (Å²) in [4.78, 5) is 6.82. The number of rotatable bonds is 5. The molecule has 3 aliphatic rings. The molecule has 0 saturated heterocycles. The molecule has 5 nitrogen and oxygen atoms in total. The van der Waals surface area contributed by atoms with Crippen molar-refractivity contribution in [2.75, 3.05) is 24.2 Å². The van der Waals surface area contributed by atoms with Gasteiger partial charge in [-0.05, 0) is 60.1 Å². The van der Waals surface area contributed by atoms with Crippen LogP contribution in [0, 0.1) is 5.92 Å². The molecule has 1 aromatic rings. The molecule has 1 aliphatic carbocycles. The first-order valence-electron chi connectivity index (χ1n) is 11.7. The van der Waals surface area contributed by atoms with Crippen molar-refractivity contribution >= 4 is 37.9 Å². The number of anilines is 1. The molecule has 4 rings (SSSR count). The average Bonchev–Trinajstić information content (AvgIpc) is 3.03. The molecule has 0 spiro atoms. The van der Waals surface area contributed by atoms with Crippen LogP contribution in [-0.2, 0) is 16.6 Å². The summed E-state index contributed by atoms with van der Waals surface area (Å²) in [5.41, 5.74) is 4.49. The van der Waals surface area contributed by atoms with E-state index in [0.29, 0.717) is 19.0 Å². The summed E-state index contributed by atoms with van der Waals surface area (Å²) in [5.74, 6) is 0.609. The Bertz CT molecular complexity index is 1010. The summed E-state index contributed by atoms with van der Waals surface area (Å²) in [6.07, 6.45) is 14.2. The highest BCUT2D eigenvalue weighted by Gasteiger charge is 2.35. The van der Waals surface area contributed by atoms with E-state index in [-0.39, 0.29) is 6.04 Å². The Morgan fingerprint density at radius 2 is 1.97 bits per heavy atom. The Kier molecular flexibility index (Phi) is 7.58. The van der Waals surface area contributed by atoms with Crippen LogP contribution in [0.2, 0.25) is 0 Å². The van der Waals surface area contributed by atoms with Gasteiger partial charge < -0.3 is 4.90 Å². The SMILES string of the molecule is C=C1C=NC=C(CN2C[C@H](CC3CCCCC3)N(S(C)(=O)=O)Cc3cc(Br)ccc32)CC1. The largest absolute Gasteiger partial charge is 0.366 e. The maximum absolute atomic E-state index is 12.9. The smallest absolute Gasteiger partial charge is 0.211 e. The van der Waals surface area contributed by atoms with Crippen molar-refractivity contribution in [1.82, 2.24) is 4.31 Å². The van der Waals surface area contributed by atoms with E-state index in [9.17, 15) is 8.42 Å². The summed E-state index contributed by atoms with van der Waals surface area (Å²) in [7, 11) is -3.33. The highest BCUT2D eigenvalue weighted by atomic mass is 79.9. The number of aliphatic imine (C=N–C) groups is 1. The summed E-state index contributed by atoms with van der Waals surface area (Å²) >= 11 is 3.59. The Hall–Kier alpha value is -1.44. The molecular weight excluding hydrogens is 486 g/mol. The van der Waals surface area contributed by atoms with E-state index in [0.717, 1.165) is 47.1 Å². The monoisotopic (exact) mass is 519 g/mol. The molecule has 1 aromatic carbocycles. The molecule has 1 fully saturated rings. The van der Waals surface area contributed by atoms with Gasteiger partial charge in [-0.25, -0.2) is 8.42 Å². The van der Waals surface area contributed by atoms with Gasteiger partial charge in [-0.2, -0.15) is 4.31 Å². The van der Waals surface area contributed by atoms with Crippen molar-refractivity contribution in [1.29, 1.82) is 0 Å². The zero-order valence-corrected chi connectivity index (χ0v) is 21.4. The summed E-state index contributed by atoms with van der Waals surface area (Å²) in [6.45, 7) is 5.95. The van der Waals surface area contributed by atoms with Crippen LogP contribution in [0.25, 0.3) is 0 Å². The average molecular weight is 521 g/mol.